The Balaban J connectivity index is 2.28. The van der Waals surface area contributed by atoms with Gasteiger partial charge >= 0.3 is 0 Å². The maximum Gasteiger partial charge on any atom is 0.0568 e. The van der Waals surface area contributed by atoms with Crippen molar-refractivity contribution in [1.82, 2.24) is 9.78 Å². The molecule has 0 aliphatic rings. The van der Waals surface area contributed by atoms with Gasteiger partial charge in [-0.05, 0) is 30.0 Å². The first-order valence-corrected chi connectivity index (χ1v) is 6.51. The van der Waals surface area contributed by atoms with Crippen molar-refractivity contribution in [3.63, 3.8) is 0 Å². The number of benzene rings is 1. The van der Waals surface area contributed by atoms with Crippen LogP contribution in [0.15, 0.2) is 36.7 Å². The Kier molecular flexibility index (Phi) is 4.15. The summed E-state index contributed by atoms with van der Waals surface area (Å²) >= 11 is 0. The molecule has 96 valence electrons. The lowest BCUT2D eigenvalue weighted by Crippen LogP contribution is -2.04. The molecule has 0 fully saturated rings. The quantitative estimate of drug-likeness (QED) is 0.877. The second-order valence-corrected chi connectivity index (χ2v) is 5.04. The maximum atomic E-state index is 5.66. The Hall–Kier alpha value is -1.61. The zero-order valence-electron chi connectivity index (χ0n) is 11.1. The summed E-state index contributed by atoms with van der Waals surface area (Å²) in [5.74, 6) is 0.608. The third-order valence-corrected chi connectivity index (χ3v) is 2.93. The van der Waals surface area contributed by atoms with E-state index in [0.29, 0.717) is 12.5 Å². The first-order chi connectivity index (χ1) is 8.70. The van der Waals surface area contributed by atoms with Crippen molar-refractivity contribution in [3.8, 4) is 11.1 Å². The third kappa shape index (κ3) is 2.99. The van der Waals surface area contributed by atoms with E-state index in [-0.39, 0.29) is 0 Å². The van der Waals surface area contributed by atoms with Crippen molar-refractivity contribution >= 4 is 0 Å². The van der Waals surface area contributed by atoms with E-state index in [9.17, 15) is 0 Å². The van der Waals surface area contributed by atoms with Crippen molar-refractivity contribution in [2.75, 3.05) is 6.54 Å². The molecular formula is C15H21N3. The molecule has 18 heavy (non-hydrogen) atoms. The molecule has 0 radical (unpaired) electrons. The summed E-state index contributed by atoms with van der Waals surface area (Å²) in [6.07, 6.45) is 4.97. The van der Waals surface area contributed by atoms with Gasteiger partial charge in [0.25, 0.3) is 0 Å². The van der Waals surface area contributed by atoms with Gasteiger partial charge in [0.1, 0.15) is 0 Å². The zero-order valence-corrected chi connectivity index (χ0v) is 11.1. The Morgan fingerprint density at radius 3 is 2.78 bits per heavy atom. The predicted octanol–water partition coefficient (Wildman–Crippen LogP) is 2.71. The highest BCUT2D eigenvalue weighted by atomic mass is 15.3. The van der Waals surface area contributed by atoms with Gasteiger partial charge in [-0.25, -0.2) is 0 Å². The average molecular weight is 243 g/mol. The molecule has 1 aromatic heterocycles. The van der Waals surface area contributed by atoms with Gasteiger partial charge in [-0.1, -0.05) is 38.1 Å². The van der Waals surface area contributed by atoms with E-state index in [1.165, 1.54) is 16.7 Å². The molecule has 0 amide bonds. The van der Waals surface area contributed by atoms with E-state index in [1.54, 1.807) is 0 Å². The summed E-state index contributed by atoms with van der Waals surface area (Å²) < 4.78 is 2.01. The van der Waals surface area contributed by atoms with Crippen molar-refractivity contribution in [3.05, 3.63) is 42.2 Å². The van der Waals surface area contributed by atoms with Gasteiger partial charge in [-0.3, -0.25) is 4.68 Å². The highest BCUT2D eigenvalue weighted by Gasteiger charge is 2.07. The fraction of sp³-hybridized carbons (Fsp3) is 0.400. The lowest BCUT2D eigenvalue weighted by atomic mass is 10.0. The molecule has 0 bridgehead atoms. The molecule has 0 saturated heterocycles. The summed E-state index contributed by atoms with van der Waals surface area (Å²) in [5, 5.41) is 4.42. The number of nitrogens with zero attached hydrogens (tertiary/aromatic N) is 2. The largest absolute Gasteiger partial charge is 0.330 e. The van der Waals surface area contributed by atoms with Crippen molar-refractivity contribution in [1.29, 1.82) is 0 Å². The van der Waals surface area contributed by atoms with Crippen LogP contribution >= 0.6 is 0 Å². The highest BCUT2D eigenvalue weighted by molar-refractivity contribution is 5.65. The third-order valence-electron chi connectivity index (χ3n) is 2.93. The minimum Gasteiger partial charge on any atom is -0.330 e. The highest BCUT2D eigenvalue weighted by Crippen LogP contribution is 2.23. The fourth-order valence-corrected chi connectivity index (χ4v) is 2.15. The second kappa shape index (κ2) is 5.83. The van der Waals surface area contributed by atoms with E-state index in [2.05, 4.69) is 49.4 Å². The van der Waals surface area contributed by atoms with Crippen LogP contribution in [0.2, 0.25) is 0 Å². The van der Waals surface area contributed by atoms with Gasteiger partial charge in [0, 0.05) is 18.3 Å². The van der Waals surface area contributed by atoms with E-state index < -0.39 is 0 Å². The van der Waals surface area contributed by atoms with Crippen LogP contribution in [-0.4, -0.2) is 16.3 Å². The van der Waals surface area contributed by atoms with Crippen LogP contribution in [-0.2, 0) is 13.0 Å². The smallest absolute Gasteiger partial charge is 0.0568 e. The zero-order chi connectivity index (χ0) is 13.0. The lowest BCUT2D eigenvalue weighted by molar-refractivity contribution is 0.483. The number of aromatic nitrogens is 2. The maximum absolute atomic E-state index is 5.66. The first kappa shape index (κ1) is 12.8. The van der Waals surface area contributed by atoms with Crippen molar-refractivity contribution < 1.29 is 0 Å². The Labute approximate surface area is 109 Å². The molecule has 2 rings (SSSR count). The van der Waals surface area contributed by atoms with Crippen LogP contribution < -0.4 is 5.73 Å². The SMILES string of the molecule is CC(C)Cn1cc(-c2ccccc2CCN)cn1. The molecule has 0 spiro atoms. The van der Waals surface area contributed by atoms with E-state index in [0.717, 1.165) is 13.0 Å². The van der Waals surface area contributed by atoms with Crippen LogP contribution in [0.5, 0.6) is 0 Å². The van der Waals surface area contributed by atoms with Gasteiger partial charge in [0.15, 0.2) is 0 Å². The molecule has 3 nitrogen and oxygen atoms in total. The summed E-state index contributed by atoms with van der Waals surface area (Å²) in [6.45, 7) is 6.03. The van der Waals surface area contributed by atoms with Crippen LogP contribution in [0.4, 0.5) is 0 Å². The molecule has 0 aliphatic heterocycles. The van der Waals surface area contributed by atoms with Crippen molar-refractivity contribution in [2.45, 2.75) is 26.8 Å². The van der Waals surface area contributed by atoms with Crippen LogP contribution in [0.25, 0.3) is 11.1 Å². The van der Waals surface area contributed by atoms with E-state index in [4.69, 9.17) is 5.73 Å². The van der Waals surface area contributed by atoms with E-state index >= 15 is 0 Å². The average Bonchev–Trinajstić information content (AvgIpc) is 2.77. The van der Waals surface area contributed by atoms with Crippen LogP contribution in [0.1, 0.15) is 19.4 Å². The predicted molar refractivity (Wildman–Crippen MR) is 75.3 cm³/mol. The van der Waals surface area contributed by atoms with Gasteiger partial charge in [0.2, 0.25) is 0 Å². The molecule has 1 aromatic carbocycles. The molecule has 0 atom stereocenters. The number of hydrogen-bond acceptors (Lipinski definition) is 2. The molecule has 3 heteroatoms. The standard InChI is InChI=1S/C15H21N3/c1-12(2)10-18-11-14(9-17-18)15-6-4-3-5-13(15)7-8-16/h3-6,9,11-12H,7-8,10,16H2,1-2H3. The van der Waals surface area contributed by atoms with Gasteiger partial charge in [0.05, 0.1) is 6.20 Å². The summed E-state index contributed by atoms with van der Waals surface area (Å²) in [7, 11) is 0. The Morgan fingerprint density at radius 2 is 2.06 bits per heavy atom. The monoisotopic (exact) mass is 243 g/mol. The second-order valence-electron chi connectivity index (χ2n) is 5.04. The summed E-state index contributed by atoms with van der Waals surface area (Å²) in [4.78, 5) is 0. The number of rotatable bonds is 5. The van der Waals surface area contributed by atoms with Gasteiger partial charge in [-0.2, -0.15) is 5.10 Å². The van der Waals surface area contributed by atoms with Gasteiger partial charge in [-0.15, -0.1) is 0 Å². The molecule has 1 heterocycles. The van der Waals surface area contributed by atoms with E-state index in [1.807, 2.05) is 10.9 Å². The topological polar surface area (TPSA) is 43.8 Å². The van der Waals surface area contributed by atoms with Crippen molar-refractivity contribution in [2.24, 2.45) is 11.7 Å². The Morgan fingerprint density at radius 1 is 1.28 bits per heavy atom. The Bertz CT molecular complexity index is 500. The molecule has 2 aromatic rings. The first-order valence-electron chi connectivity index (χ1n) is 6.51. The van der Waals surface area contributed by atoms with Crippen LogP contribution in [0, 0.1) is 5.92 Å². The van der Waals surface area contributed by atoms with Crippen LogP contribution in [0.3, 0.4) is 0 Å². The lowest BCUT2D eigenvalue weighted by Gasteiger charge is -2.06. The normalized spacial score (nSPS) is 11.1. The summed E-state index contributed by atoms with van der Waals surface area (Å²) in [5.41, 5.74) is 9.38. The van der Waals surface area contributed by atoms with Gasteiger partial charge < -0.3 is 5.73 Å². The molecular weight excluding hydrogens is 222 g/mol. The number of nitrogens with two attached hydrogens (primary N) is 1. The molecule has 2 N–H and O–H groups in total. The minimum atomic E-state index is 0.608. The number of hydrogen-bond donors (Lipinski definition) is 1. The summed E-state index contributed by atoms with van der Waals surface area (Å²) in [6, 6.07) is 8.41. The molecule has 0 unspecified atom stereocenters. The molecule has 0 saturated carbocycles. The fourth-order valence-electron chi connectivity index (χ4n) is 2.15. The molecule has 0 aliphatic carbocycles. The minimum absolute atomic E-state index is 0.608.